The van der Waals surface area contributed by atoms with E-state index < -0.39 is 6.43 Å². The quantitative estimate of drug-likeness (QED) is 0.731. The minimum Gasteiger partial charge on any atom is -0.353 e. The van der Waals surface area contributed by atoms with Gasteiger partial charge in [0.25, 0.3) is 12.3 Å². The maximum atomic E-state index is 13.3. The van der Waals surface area contributed by atoms with Crippen molar-refractivity contribution in [3.8, 4) is 0 Å². The molecule has 0 aliphatic carbocycles. The smallest absolute Gasteiger partial charge is 0.295 e. The van der Waals surface area contributed by atoms with E-state index >= 15 is 0 Å². The molecule has 1 aliphatic heterocycles. The zero-order chi connectivity index (χ0) is 19.0. The van der Waals surface area contributed by atoms with Crippen LogP contribution in [0.25, 0.3) is 11.0 Å². The number of aromatic amines is 1. The van der Waals surface area contributed by atoms with Gasteiger partial charge in [-0.1, -0.05) is 12.8 Å². The molecule has 1 fully saturated rings. The number of nitrogens with one attached hydrogen (secondary N) is 1. The van der Waals surface area contributed by atoms with E-state index in [1.165, 1.54) is 0 Å². The second kappa shape index (κ2) is 7.13. The number of carbonyl (C=O) groups excluding carboxylic acids is 1. The summed E-state index contributed by atoms with van der Waals surface area (Å²) in [4.78, 5) is 21.7. The summed E-state index contributed by atoms with van der Waals surface area (Å²) >= 11 is 0. The van der Waals surface area contributed by atoms with Gasteiger partial charge < -0.3 is 14.5 Å². The molecule has 1 N–H and O–H groups in total. The molecular formula is C20H22F2N4O. The molecule has 142 valence electrons. The van der Waals surface area contributed by atoms with E-state index in [0.717, 1.165) is 31.4 Å². The van der Waals surface area contributed by atoms with E-state index in [0.29, 0.717) is 23.1 Å². The summed E-state index contributed by atoms with van der Waals surface area (Å²) in [5, 5.41) is 0. The Morgan fingerprint density at radius 2 is 2.11 bits per heavy atom. The maximum Gasteiger partial charge on any atom is 0.295 e. The van der Waals surface area contributed by atoms with E-state index in [1.54, 1.807) is 18.2 Å². The first-order valence-corrected chi connectivity index (χ1v) is 9.24. The van der Waals surface area contributed by atoms with Crippen LogP contribution in [0.2, 0.25) is 0 Å². The molecule has 3 aromatic rings. The Morgan fingerprint density at radius 3 is 2.85 bits per heavy atom. The lowest BCUT2D eigenvalue weighted by molar-refractivity contribution is 0.0674. The molecule has 7 heteroatoms. The average molecular weight is 372 g/mol. The van der Waals surface area contributed by atoms with Gasteiger partial charge in [0, 0.05) is 31.0 Å². The number of H-pyrrole nitrogens is 1. The van der Waals surface area contributed by atoms with Crippen LogP contribution in [0.1, 0.15) is 60.0 Å². The molecule has 4 rings (SSSR count). The fraction of sp³-hybridized carbons (Fsp3) is 0.400. The van der Waals surface area contributed by atoms with E-state index in [1.807, 2.05) is 24.2 Å². The van der Waals surface area contributed by atoms with E-state index in [-0.39, 0.29) is 17.8 Å². The SMILES string of the molecule is Cn1cccc1[C@@H]1CCCCCN1C(=O)c1ccc2nc(C(F)F)[nH]c2c1. The summed E-state index contributed by atoms with van der Waals surface area (Å²) in [5.41, 5.74) is 2.51. The maximum absolute atomic E-state index is 13.3. The van der Waals surface area contributed by atoms with Crippen LogP contribution in [0.5, 0.6) is 0 Å². The summed E-state index contributed by atoms with van der Waals surface area (Å²) in [6.07, 6.45) is 3.40. The molecule has 2 aromatic heterocycles. The van der Waals surface area contributed by atoms with E-state index in [9.17, 15) is 13.6 Å². The van der Waals surface area contributed by atoms with Gasteiger partial charge in [-0.05, 0) is 43.2 Å². The largest absolute Gasteiger partial charge is 0.353 e. The van der Waals surface area contributed by atoms with Gasteiger partial charge in [-0.15, -0.1) is 0 Å². The van der Waals surface area contributed by atoms with E-state index in [4.69, 9.17) is 0 Å². The van der Waals surface area contributed by atoms with Crippen LogP contribution in [0.15, 0.2) is 36.5 Å². The third-order valence-corrected chi connectivity index (χ3v) is 5.29. The number of aromatic nitrogens is 3. The summed E-state index contributed by atoms with van der Waals surface area (Å²) < 4.78 is 27.8. The second-order valence-electron chi connectivity index (χ2n) is 7.06. The molecule has 27 heavy (non-hydrogen) atoms. The predicted octanol–water partition coefficient (Wildman–Crippen LogP) is 4.60. The van der Waals surface area contributed by atoms with Crippen molar-refractivity contribution < 1.29 is 13.6 Å². The minimum absolute atomic E-state index is 0.0223. The normalized spacial score (nSPS) is 18.2. The van der Waals surface area contributed by atoms with Crippen LogP contribution >= 0.6 is 0 Å². The van der Waals surface area contributed by atoms with Crippen molar-refractivity contribution in [1.29, 1.82) is 0 Å². The summed E-state index contributed by atoms with van der Waals surface area (Å²) in [6.45, 7) is 0.692. The molecule has 0 unspecified atom stereocenters. The average Bonchev–Trinajstić information content (AvgIpc) is 3.20. The van der Waals surface area contributed by atoms with Crippen LogP contribution in [0.4, 0.5) is 8.78 Å². The third kappa shape index (κ3) is 3.34. The Hall–Kier alpha value is -2.70. The summed E-state index contributed by atoms with van der Waals surface area (Å²) in [6, 6.07) is 9.00. The van der Waals surface area contributed by atoms with Gasteiger partial charge in [-0.25, -0.2) is 13.8 Å². The van der Waals surface area contributed by atoms with Gasteiger partial charge in [0.05, 0.1) is 17.1 Å². The Morgan fingerprint density at radius 1 is 1.26 bits per heavy atom. The van der Waals surface area contributed by atoms with Crippen molar-refractivity contribution in [3.05, 3.63) is 53.6 Å². The van der Waals surface area contributed by atoms with Crippen LogP contribution in [-0.2, 0) is 7.05 Å². The fourth-order valence-corrected chi connectivity index (χ4v) is 3.91. The third-order valence-electron chi connectivity index (χ3n) is 5.29. The molecule has 1 aromatic carbocycles. The number of fused-ring (bicyclic) bond motifs is 1. The monoisotopic (exact) mass is 372 g/mol. The molecule has 0 saturated carbocycles. The van der Waals surface area contributed by atoms with Gasteiger partial charge >= 0.3 is 0 Å². The zero-order valence-electron chi connectivity index (χ0n) is 15.2. The molecular weight excluding hydrogens is 350 g/mol. The molecule has 0 spiro atoms. The highest BCUT2D eigenvalue weighted by Gasteiger charge is 2.29. The van der Waals surface area contributed by atoms with Crippen molar-refractivity contribution in [1.82, 2.24) is 19.4 Å². The molecule has 5 nitrogen and oxygen atoms in total. The molecule has 1 aliphatic rings. The van der Waals surface area contributed by atoms with Crippen molar-refractivity contribution in [2.24, 2.45) is 7.05 Å². The number of hydrogen-bond donors (Lipinski definition) is 1. The van der Waals surface area contributed by atoms with Crippen molar-refractivity contribution in [3.63, 3.8) is 0 Å². The number of halogens is 2. The first-order valence-electron chi connectivity index (χ1n) is 9.24. The molecule has 1 amide bonds. The molecule has 1 atom stereocenters. The number of benzene rings is 1. The zero-order valence-corrected chi connectivity index (χ0v) is 15.2. The van der Waals surface area contributed by atoms with Crippen molar-refractivity contribution in [2.45, 2.75) is 38.2 Å². The molecule has 3 heterocycles. The number of rotatable bonds is 3. The lowest BCUT2D eigenvalue weighted by Crippen LogP contribution is -2.35. The van der Waals surface area contributed by atoms with Crippen molar-refractivity contribution in [2.75, 3.05) is 6.54 Å². The molecule has 0 bridgehead atoms. The topological polar surface area (TPSA) is 53.9 Å². The lowest BCUT2D eigenvalue weighted by Gasteiger charge is -2.30. The highest BCUT2D eigenvalue weighted by Crippen LogP contribution is 2.32. The fourth-order valence-electron chi connectivity index (χ4n) is 3.91. The first kappa shape index (κ1) is 17.7. The number of hydrogen-bond acceptors (Lipinski definition) is 2. The van der Waals surface area contributed by atoms with Gasteiger partial charge in [-0.2, -0.15) is 0 Å². The Bertz CT molecular complexity index is 962. The predicted molar refractivity (Wildman–Crippen MR) is 98.7 cm³/mol. The summed E-state index contributed by atoms with van der Waals surface area (Å²) in [7, 11) is 1.99. The second-order valence-corrected chi connectivity index (χ2v) is 7.06. The Labute approximate surface area is 156 Å². The number of aryl methyl sites for hydroxylation is 1. The number of imidazole rings is 1. The molecule has 0 radical (unpaired) electrons. The number of alkyl halides is 2. The van der Waals surface area contributed by atoms with Crippen LogP contribution in [0, 0.1) is 0 Å². The molecule has 1 saturated heterocycles. The summed E-state index contributed by atoms with van der Waals surface area (Å²) in [5.74, 6) is -0.441. The van der Waals surface area contributed by atoms with Gasteiger partial charge in [0.15, 0.2) is 5.82 Å². The Kier molecular flexibility index (Phi) is 4.68. The highest BCUT2D eigenvalue weighted by molar-refractivity contribution is 5.97. The number of carbonyl (C=O) groups is 1. The van der Waals surface area contributed by atoms with Crippen LogP contribution in [-0.4, -0.2) is 31.9 Å². The number of likely N-dealkylation sites (tertiary alicyclic amines) is 1. The minimum atomic E-state index is -2.66. The first-order chi connectivity index (χ1) is 13.0. The standard InChI is InChI=1S/C20H22F2N4O/c1-25-10-5-7-16(25)17-6-3-2-4-11-26(17)20(27)13-8-9-14-15(12-13)24-19(23-14)18(21)22/h5,7-10,12,17-18H,2-4,6,11H2,1H3,(H,23,24)/t17-/m0/s1. The van der Waals surface area contributed by atoms with Gasteiger partial charge in [0.2, 0.25) is 0 Å². The van der Waals surface area contributed by atoms with Crippen LogP contribution < -0.4 is 0 Å². The number of nitrogens with zero attached hydrogens (tertiary/aromatic N) is 3. The Balaban J connectivity index is 1.68. The van der Waals surface area contributed by atoms with Crippen molar-refractivity contribution >= 4 is 16.9 Å². The van der Waals surface area contributed by atoms with Crippen LogP contribution in [0.3, 0.4) is 0 Å². The van der Waals surface area contributed by atoms with E-state index in [2.05, 4.69) is 20.6 Å². The lowest BCUT2D eigenvalue weighted by atomic mass is 10.0. The van der Waals surface area contributed by atoms with Gasteiger partial charge in [0.1, 0.15) is 0 Å². The highest BCUT2D eigenvalue weighted by atomic mass is 19.3. The number of amides is 1. The van der Waals surface area contributed by atoms with Gasteiger partial charge in [-0.3, -0.25) is 4.79 Å².